The lowest BCUT2D eigenvalue weighted by molar-refractivity contribution is 0.375. The van der Waals surface area contributed by atoms with Crippen LogP contribution >= 0.6 is 0 Å². The van der Waals surface area contributed by atoms with Crippen LogP contribution in [0.4, 0.5) is 4.39 Å². The highest BCUT2D eigenvalue weighted by Gasteiger charge is 2.33. The summed E-state index contributed by atoms with van der Waals surface area (Å²) in [5.41, 5.74) is 5.21. The van der Waals surface area contributed by atoms with Crippen LogP contribution in [0.3, 0.4) is 0 Å². The van der Waals surface area contributed by atoms with Crippen molar-refractivity contribution < 1.29 is 8.57 Å². The van der Waals surface area contributed by atoms with Gasteiger partial charge >= 0.3 is 0 Å². The zero-order valence-electron chi connectivity index (χ0n) is 16.2. The van der Waals surface area contributed by atoms with E-state index in [-0.39, 0.29) is 17.0 Å². The third kappa shape index (κ3) is 4.48. The molecule has 0 saturated heterocycles. The zero-order chi connectivity index (χ0) is 18.7. The maximum Gasteiger partial charge on any atom is 0.163 e. The summed E-state index contributed by atoms with van der Waals surface area (Å²) in [5.74, 6) is 0.259. The molecule has 3 rings (SSSR count). The average Bonchev–Trinajstić information content (AvgIpc) is 2.76. The Morgan fingerprint density at radius 1 is 1.15 bits per heavy atom. The Morgan fingerprint density at radius 2 is 1.92 bits per heavy atom. The molecule has 0 fully saturated rings. The first-order valence-corrected chi connectivity index (χ1v) is 10.8. The second-order valence-corrected chi connectivity index (χ2v) is 9.47. The van der Waals surface area contributed by atoms with E-state index in [4.69, 9.17) is 4.18 Å². The number of hydrogen-bond acceptors (Lipinski definition) is 2. The smallest absolute Gasteiger partial charge is 0.163 e. The molecular weight excluding hydrogens is 345 g/mol. The second kappa shape index (κ2) is 8.55. The molecule has 3 unspecified atom stereocenters. The van der Waals surface area contributed by atoms with Crippen molar-refractivity contribution in [3.05, 3.63) is 70.5 Å². The third-order valence-electron chi connectivity index (χ3n) is 5.36. The molecule has 2 aromatic carbocycles. The van der Waals surface area contributed by atoms with E-state index in [1.807, 2.05) is 6.07 Å². The molecule has 0 aromatic heterocycles. The molecule has 0 N–H and O–H groups in total. The van der Waals surface area contributed by atoms with E-state index < -0.39 is 0 Å². The lowest BCUT2D eigenvalue weighted by atomic mass is 9.87. The normalized spacial score (nSPS) is 18.8. The van der Waals surface area contributed by atoms with Crippen molar-refractivity contribution in [1.82, 2.24) is 4.90 Å². The summed E-state index contributed by atoms with van der Waals surface area (Å²) >= 11 is -0.0974. The molecule has 2 aromatic rings. The minimum atomic E-state index is -0.134. The van der Waals surface area contributed by atoms with E-state index in [1.165, 1.54) is 16.7 Å². The first-order chi connectivity index (χ1) is 12.5. The molecule has 0 saturated carbocycles. The highest BCUT2D eigenvalue weighted by molar-refractivity contribution is 7.92. The SMILES string of the molecule is CO[S+](C)C(CC1Cc2cc(F)ccc2Cc2ccccc21)CN(C)C. The van der Waals surface area contributed by atoms with Gasteiger partial charge in [-0.3, -0.25) is 0 Å². The molecule has 2 nitrogen and oxygen atoms in total. The first-order valence-electron chi connectivity index (χ1n) is 9.17. The molecule has 140 valence electrons. The molecule has 3 atom stereocenters. The van der Waals surface area contributed by atoms with Gasteiger partial charge in [0.1, 0.15) is 23.2 Å². The lowest BCUT2D eigenvalue weighted by Gasteiger charge is -2.24. The van der Waals surface area contributed by atoms with Crippen molar-refractivity contribution in [2.75, 3.05) is 34.0 Å². The molecule has 4 heteroatoms. The fourth-order valence-corrected chi connectivity index (χ4v) is 5.30. The van der Waals surface area contributed by atoms with Gasteiger partial charge in [0.05, 0.1) is 7.11 Å². The van der Waals surface area contributed by atoms with Gasteiger partial charge in [0.15, 0.2) is 5.25 Å². The van der Waals surface area contributed by atoms with E-state index in [1.54, 1.807) is 19.2 Å². The predicted octanol–water partition coefficient (Wildman–Crippen LogP) is 4.19. The Labute approximate surface area is 159 Å². The Bertz CT molecular complexity index is 749. The monoisotopic (exact) mass is 374 g/mol. The molecule has 0 heterocycles. The van der Waals surface area contributed by atoms with E-state index in [2.05, 4.69) is 49.5 Å². The van der Waals surface area contributed by atoms with Gasteiger partial charge in [0.25, 0.3) is 0 Å². The van der Waals surface area contributed by atoms with Crippen molar-refractivity contribution in [1.29, 1.82) is 0 Å². The van der Waals surface area contributed by atoms with Crippen LogP contribution in [0.5, 0.6) is 0 Å². The molecular formula is C22H29FNOS+. The van der Waals surface area contributed by atoms with Crippen molar-refractivity contribution in [2.45, 2.75) is 30.4 Å². The van der Waals surface area contributed by atoms with Gasteiger partial charge in [-0.2, -0.15) is 4.18 Å². The Kier molecular flexibility index (Phi) is 6.38. The average molecular weight is 375 g/mol. The maximum absolute atomic E-state index is 13.9. The van der Waals surface area contributed by atoms with Gasteiger partial charge in [0, 0.05) is 13.0 Å². The Hall–Kier alpha value is -1.36. The molecule has 26 heavy (non-hydrogen) atoms. The van der Waals surface area contributed by atoms with Gasteiger partial charge in [-0.15, -0.1) is 0 Å². The van der Waals surface area contributed by atoms with Crippen LogP contribution < -0.4 is 0 Å². The van der Waals surface area contributed by atoms with Crippen molar-refractivity contribution >= 4 is 11.2 Å². The minimum Gasteiger partial charge on any atom is -0.304 e. The highest BCUT2D eigenvalue weighted by atomic mass is 32.2. The van der Waals surface area contributed by atoms with Gasteiger partial charge in [0.2, 0.25) is 0 Å². The first kappa shape index (κ1) is 19.4. The Morgan fingerprint density at radius 3 is 2.65 bits per heavy atom. The van der Waals surface area contributed by atoms with E-state index >= 15 is 0 Å². The molecule has 0 amide bonds. The topological polar surface area (TPSA) is 12.5 Å². The molecule has 0 aliphatic heterocycles. The largest absolute Gasteiger partial charge is 0.304 e. The predicted molar refractivity (Wildman–Crippen MR) is 109 cm³/mol. The number of nitrogens with zero attached hydrogens (tertiary/aromatic N) is 1. The molecule has 0 radical (unpaired) electrons. The second-order valence-electron chi connectivity index (χ2n) is 7.47. The minimum absolute atomic E-state index is 0.0974. The molecule has 1 aliphatic rings. The number of rotatable bonds is 6. The summed E-state index contributed by atoms with van der Waals surface area (Å²) in [7, 11) is 6.04. The van der Waals surface area contributed by atoms with Crippen LogP contribution in [0.15, 0.2) is 42.5 Å². The van der Waals surface area contributed by atoms with Crippen molar-refractivity contribution in [2.24, 2.45) is 0 Å². The highest BCUT2D eigenvalue weighted by Crippen LogP contribution is 2.36. The summed E-state index contributed by atoms with van der Waals surface area (Å²) < 4.78 is 19.6. The van der Waals surface area contributed by atoms with Crippen LogP contribution in [-0.2, 0) is 28.2 Å². The van der Waals surface area contributed by atoms with Gasteiger partial charge in [-0.05, 0) is 67.2 Å². The van der Waals surface area contributed by atoms with Crippen LogP contribution in [-0.4, -0.2) is 44.2 Å². The van der Waals surface area contributed by atoms with Crippen molar-refractivity contribution in [3.8, 4) is 0 Å². The summed E-state index contributed by atoms with van der Waals surface area (Å²) in [6.45, 7) is 1.00. The standard InChI is InChI=1S/C22H29FNOS/c1-24(2)15-21(26(4)25-3)14-19-12-18-13-20(23)10-9-16(18)11-17-7-5-6-8-22(17)19/h5-10,13,19,21H,11-12,14-15H2,1-4H3/q+1. The molecule has 0 spiro atoms. The summed E-state index contributed by atoms with van der Waals surface area (Å²) in [6, 6.07) is 14.0. The van der Waals surface area contributed by atoms with Gasteiger partial charge in [-0.1, -0.05) is 30.3 Å². The van der Waals surface area contributed by atoms with E-state index in [9.17, 15) is 4.39 Å². The van der Waals surface area contributed by atoms with Crippen LogP contribution in [0.25, 0.3) is 0 Å². The number of fused-ring (bicyclic) bond motifs is 2. The third-order valence-corrected chi connectivity index (χ3v) is 7.17. The van der Waals surface area contributed by atoms with Crippen molar-refractivity contribution in [3.63, 3.8) is 0 Å². The van der Waals surface area contributed by atoms with Crippen LogP contribution in [0.2, 0.25) is 0 Å². The summed E-state index contributed by atoms with van der Waals surface area (Å²) in [6.07, 6.45) is 5.03. The van der Waals surface area contributed by atoms with E-state index in [0.717, 1.165) is 31.4 Å². The van der Waals surface area contributed by atoms with Crippen LogP contribution in [0.1, 0.15) is 34.6 Å². The number of halogens is 1. The molecule has 0 bridgehead atoms. The maximum atomic E-state index is 13.9. The fraction of sp³-hybridized carbons (Fsp3) is 0.455. The zero-order valence-corrected chi connectivity index (χ0v) is 17.0. The summed E-state index contributed by atoms with van der Waals surface area (Å²) in [5, 5.41) is 0.461. The number of benzene rings is 2. The summed E-state index contributed by atoms with van der Waals surface area (Å²) in [4.78, 5) is 2.24. The fourth-order valence-electron chi connectivity index (χ4n) is 4.02. The molecule has 1 aliphatic carbocycles. The van der Waals surface area contributed by atoms with E-state index in [0.29, 0.717) is 11.2 Å². The number of hydrogen-bond donors (Lipinski definition) is 0. The Balaban J connectivity index is 1.95. The van der Waals surface area contributed by atoms with Crippen LogP contribution in [0, 0.1) is 5.82 Å². The lowest BCUT2D eigenvalue weighted by Crippen LogP contribution is -2.34. The quantitative estimate of drug-likeness (QED) is 0.703. The van der Waals surface area contributed by atoms with Gasteiger partial charge in [-0.25, -0.2) is 4.39 Å². The van der Waals surface area contributed by atoms with Gasteiger partial charge < -0.3 is 4.90 Å².